The fourth-order valence-electron chi connectivity index (χ4n) is 1.35. The van der Waals surface area contributed by atoms with E-state index in [0.29, 0.717) is 0 Å². The molecule has 1 aromatic carbocycles. The van der Waals surface area contributed by atoms with Crippen LogP contribution in [0.5, 0.6) is 0 Å². The first-order chi connectivity index (χ1) is 8.19. The molecule has 2 N–H and O–H groups in total. The Kier molecular flexibility index (Phi) is 4.15. The Morgan fingerprint density at radius 1 is 1.41 bits per heavy atom. The molecule has 17 heavy (non-hydrogen) atoms. The molecule has 0 amide bonds. The third-order valence-corrected chi connectivity index (χ3v) is 3.59. The number of benzene rings is 1. The number of thiazole rings is 1. The summed E-state index contributed by atoms with van der Waals surface area (Å²) >= 11 is 4.95. The maximum Gasteiger partial charge on any atom is 0.183 e. The molecule has 0 aliphatic carbocycles. The van der Waals surface area contributed by atoms with Crippen LogP contribution in [-0.2, 0) is 0 Å². The van der Waals surface area contributed by atoms with Crippen molar-refractivity contribution >= 4 is 32.4 Å². The smallest absolute Gasteiger partial charge is 0.183 e. The van der Waals surface area contributed by atoms with E-state index in [0.717, 1.165) is 20.9 Å². The van der Waals surface area contributed by atoms with Gasteiger partial charge in [0.05, 0.1) is 12.3 Å². The van der Waals surface area contributed by atoms with Crippen molar-refractivity contribution < 1.29 is 5.11 Å². The van der Waals surface area contributed by atoms with Crippen LogP contribution < -0.4 is 5.32 Å². The molecule has 1 aromatic heterocycles. The van der Waals surface area contributed by atoms with Crippen LogP contribution in [0.1, 0.15) is 6.92 Å². The SMILES string of the molecule is C[C@@H](CO)Nc1nc(-c2ccc(Br)cc2)cs1. The van der Waals surface area contributed by atoms with Gasteiger partial charge in [-0.15, -0.1) is 11.3 Å². The normalized spacial score (nSPS) is 12.4. The minimum absolute atomic E-state index is 0.0268. The van der Waals surface area contributed by atoms with Crippen molar-refractivity contribution in [1.29, 1.82) is 0 Å². The Hall–Kier alpha value is -0.910. The number of anilines is 1. The fraction of sp³-hybridized carbons (Fsp3) is 0.250. The van der Waals surface area contributed by atoms with E-state index in [4.69, 9.17) is 5.11 Å². The molecule has 0 bridgehead atoms. The van der Waals surface area contributed by atoms with Crippen molar-refractivity contribution in [3.63, 3.8) is 0 Å². The van der Waals surface area contributed by atoms with E-state index in [1.165, 1.54) is 0 Å². The number of aliphatic hydroxyl groups is 1. The fourth-order valence-corrected chi connectivity index (χ4v) is 2.45. The molecule has 0 saturated heterocycles. The summed E-state index contributed by atoms with van der Waals surface area (Å²) in [5.74, 6) is 0. The highest BCUT2D eigenvalue weighted by atomic mass is 79.9. The molecule has 0 spiro atoms. The maximum absolute atomic E-state index is 8.96. The predicted octanol–water partition coefficient (Wildman–Crippen LogP) is 3.37. The minimum atomic E-state index is 0.0268. The summed E-state index contributed by atoms with van der Waals surface area (Å²) in [6.07, 6.45) is 0. The lowest BCUT2D eigenvalue weighted by Gasteiger charge is -2.07. The van der Waals surface area contributed by atoms with E-state index in [9.17, 15) is 0 Å². The number of hydrogen-bond acceptors (Lipinski definition) is 4. The molecule has 0 unspecified atom stereocenters. The summed E-state index contributed by atoms with van der Waals surface area (Å²) in [5.41, 5.74) is 2.05. The highest BCUT2D eigenvalue weighted by Gasteiger charge is 2.06. The van der Waals surface area contributed by atoms with E-state index in [1.54, 1.807) is 11.3 Å². The third kappa shape index (κ3) is 3.28. The van der Waals surface area contributed by atoms with E-state index < -0.39 is 0 Å². The molecule has 0 radical (unpaired) electrons. The summed E-state index contributed by atoms with van der Waals surface area (Å²) < 4.78 is 1.06. The number of hydrogen-bond donors (Lipinski definition) is 2. The largest absolute Gasteiger partial charge is 0.394 e. The van der Waals surface area contributed by atoms with Gasteiger partial charge in [0, 0.05) is 21.5 Å². The van der Waals surface area contributed by atoms with Gasteiger partial charge in [0.2, 0.25) is 0 Å². The van der Waals surface area contributed by atoms with Crippen molar-refractivity contribution in [2.45, 2.75) is 13.0 Å². The summed E-state index contributed by atoms with van der Waals surface area (Å²) in [7, 11) is 0. The van der Waals surface area contributed by atoms with E-state index in [1.807, 2.05) is 36.6 Å². The number of halogens is 1. The van der Waals surface area contributed by atoms with Gasteiger partial charge in [-0.1, -0.05) is 28.1 Å². The Morgan fingerprint density at radius 3 is 2.76 bits per heavy atom. The standard InChI is InChI=1S/C12H13BrN2OS/c1-8(6-16)14-12-15-11(7-17-12)9-2-4-10(13)5-3-9/h2-5,7-8,16H,6H2,1H3,(H,14,15)/t8-/m0/s1. The number of aromatic nitrogens is 1. The topological polar surface area (TPSA) is 45.1 Å². The summed E-state index contributed by atoms with van der Waals surface area (Å²) in [6, 6.07) is 8.08. The first-order valence-corrected chi connectivity index (χ1v) is 6.95. The zero-order valence-electron chi connectivity index (χ0n) is 9.35. The maximum atomic E-state index is 8.96. The van der Waals surface area contributed by atoms with Crippen LogP contribution in [0.2, 0.25) is 0 Å². The van der Waals surface area contributed by atoms with Gasteiger partial charge in [0.1, 0.15) is 0 Å². The second-order valence-electron chi connectivity index (χ2n) is 3.77. The second kappa shape index (κ2) is 5.62. The monoisotopic (exact) mass is 312 g/mol. The van der Waals surface area contributed by atoms with Gasteiger partial charge in [0.15, 0.2) is 5.13 Å². The summed E-state index contributed by atoms with van der Waals surface area (Å²) in [4.78, 5) is 4.48. The zero-order chi connectivity index (χ0) is 12.3. The molecule has 1 atom stereocenters. The molecular formula is C12H13BrN2OS. The molecule has 5 heteroatoms. The molecule has 3 nitrogen and oxygen atoms in total. The predicted molar refractivity (Wildman–Crippen MR) is 75.4 cm³/mol. The molecule has 0 aliphatic heterocycles. The number of aliphatic hydroxyl groups excluding tert-OH is 1. The summed E-state index contributed by atoms with van der Waals surface area (Å²) in [6.45, 7) is 2.02. The minimum Gasteiger partial charge on any atom is -0.394 e. The molecular weight excluding hydrogens is 300 g/mol. The van der Waals surface area contributed by atoms with Crippen LogP contribution in [0.25, 0.3) is 11.3 Å². The lowest BCUT2D eigenvalue weighted by Crippen LogP contribution is -2.18. The molecule has 0 aliphatic rings. The van der Waals surface area contributed by atoms with Gasteiger partial charge in [0.25, 0.3) is 0 Å². The van der Waals surface area contributed by atoms with Crippen molar-refractivity contribution in [2.75, 3.05) is 11.9 Å². The van der Waals surface area contributed by atoms with E-state index >= 15 is 0 Å². The number of rotatable bonds is 4. The Bertz CT molecular complexity index is 484. The molecule has 0 fully saturated rings. The van der Waals surface area contributed by atoms with Crippen molar-refractivity contribution in [3.05, 3.63) is 34.1 Å². The first-order valence-electron chi connectivity index (χ1n) is 5.28. The van der Waals surface area contributed by atoms with Crippen LogP contribution in [0.15, 0.2) is 34.1 Å². The van der Waals surface area contributed by atoms with Gasteiger partial charge >= 0.3 is 0 Å². The van der Waals surface area contributed by atoms with E-state index in [-0.39, 0.29) is 12.6 Å². The summed E-state index contributed by atoms with van der Waals surface area (Å²) in [5, 5.41) is 14.9. The lowest BCUT2D eigenvalue weighted by molar-refractivity contribution is 0.281. The lowest BCUT2D eigenvalue weighted by atomic mass is 10.2. The van der Waals surface area contributed by atoms with Crippen LogP contribution >= 0.6 is 27.3 Å². The Balaban J connectivity index is 2.15. The second-order valence-corrected chi connectivity index (χ2v) is 5.55. The number of nitrogens with zero attached hydrogens (tertiary/aromatic N) is 1. The molecule has 1 heterocycles. The highest BCUT2D eigenvalue weighted by molar-refractivity contribution is 9.10. The average molecular weight is 313 g/mol. The quantitative estimate of drug-likeness (QED) is 0.910. The third-order valence-electron chi connectivity index (χ3n) is 2.29. The van der Waals surface area contributed by atoms with Crippen molar-refractivity contribution in [2.24, 2.45) is 0 Å². The van der Waals surface area contributed by atoms with Gasteiger partial charge in [-0.25, -0.2) is 4.98 Å². The first kappa shape index (κ1) is 12.5. The molecule has 2 rings (SSSR count). The van der Waals surface area contributed by atoms with Gasteiger partial charge in [-0.3, -0.25) is 0 Å². The van der Waals surface area contributed by atoms with Crippen LogP contribution in [-0.4, -0.2) is 22.7 Å². The highest BCUT2D eigenvalue weighted by Crippen LogP contribution is 2.26. The van der Waals surface area contributed by atoms with Gasteiger partial charge in [-0.2, -0.15) is 0 Å². The molecule has 2 aromatic rings. The average Bonchev–Trinajstić information content (AvgIpc) is 2.78. The Morgan fingerprint density at radius 2 is 2.12 bits per heavy atom. The van der Waals surface area contributed by atoms with E-state index in [2.05, 4.69) is 26.2 Å². The van der Waals surface area contributed by atoms with Gasteiger partial charge < -0.3 is 10.4 Å². The molecule has 90 valence electrons. The van der Waals surface area contributed by atoms with Crippen LogP contribution in [0.4, 0.5) is 5.13 Å². The van der Waals surface area contributed by atoms with Crippen molar-refractivity contribution in [3.8, 4) is 11.3 Å². The molecule has 0 saturated carbocycles. The Labute approximate surface area is 113 Å². The van der Waals surface area contributed by atoms with Crippen LogP contribution in [0, 0.1) is 0 Å². The number of nitrogens with one attached hydrogen (secondary N) is 1. The van der Waals surface area contributed by atoms with Gasteiger partial charge in [-0.05, 0) is 19.1 Å². The van der Waals surface area contributed by atoms with Crippen LogP contribution in [0.3, 0.4) is 0 Å². The zero-order valence-corrected chi connectivity index (χ0v) is 11.8. The van der Waals surface area contributed by atoms with Crippen molar-refractivity contribution in [1.82, 2.24) is 4.98 Å².